The molecule has 18 heavy (non-hydrogen) atoms. The van der Waals surface area contributed by atoms with Crippen LogP contribution in [0, 0.1) is 5.82 Å². The highest BCUT2D eigenvalue weighted by Gasteiger charge is 2.18. The molecule has 0 fully saturated rings. The van der Waals surface area contributed by atoms with E-state index in [0.717, 1.165) is 6.42 Å². The van der Waals surface area contributed by atoms with Crippen molar-refractivity contribution >= 4 is 23.3 Å². The van der Waals surface area contributed by atoms with E-state index in [9.17, 15) is 9.18 Å². The Morgan fingerprint density at radius 3 is 2.78 bits per heavy atom. The first-order valence-electron chi connectivity index (χ1n) is 5.96. The summed E-state index contributed by atoms with van der Waals surface area (Å²) in [4.78, 5) is 11.7. The number of ether oxygens (including phenoxy) is 1. The van der Waals surface area contributed by atoms with E-state index in [1.54, 1.807) is 13.0 Å². The summed E-state index contributed by atoms with van der Waals surface area (Å²) in [5.74, 6) is -0.838. The Bertz CT molecular complexity index is 412. The van der Waals surface area contributed by atoms with Gasteiger partial charge >= 0.3 is 5.97 Å². The van der Waals surface area contributed by atoms with Gasteiger partial charge in [-0.05, 0) is 31.5 Å². The average molecular weight is 274 g/mol. The molecule has 1 N–H and O–H groups in total. The van der Waals surface area contributed by atoms with Gasteiger partial charge in [0.05, 0.1) is 11.6 Å². The molecule has 0 aliphatic carbocycles. The van der Waals surface area contributed by atoms with Crippen LogP contribution < -0.4 is 5.32 Å². The second-order valence-electron chi connectivity index (χ2n) is 3.87. The third-order valence-electron chi connectivity index (χ3n) is 2.41. The molecule has 1 aromatic carbocycles. The number of carbonyl (C=O) groups is 1. The van der Waals surface area contributed by atoms with E-state index in [2.05, 4.69) is 5.32 Å². The van der Waals surface area contributed by atoms with Crippen molar-refractivity contribution in [2.24, 2.45) is 0 Å². The quantitative estimate of drug-likeness (QED) is 0.805. The second-order valence-corrected chi connectivity index (χ2v) is 4.27. The van der Waals surface area contributed by atoms with Gasteiger partial charge < -0.3 is 10.1 Å². The van der Waals surface area contributed by atoms with Crippen LogP contribution in [0.5, 0.6) is 0 Å². The van der Waals surface area contributed by atoms with Crippen LogP contribution in [0.1, 0.15) is 26.7 Å². The first-order valence-corrected chi connectivity index (χ1v) is 6.34. The normalized spacial score (nSPS) is 12.0. The lowest BCUT2D eigenvalue weighted by atomic mass is 10.1. The lowest BCUT2D eigenvalue weighted by Gasteiger charge is -2.17. The largest absolute Gasteiger partial charge is 0.464 e. The van der Waals surface area contributed by atoms with Crippen LogP contribution in [-0.4, -0.2) is 18.6 Å². The van der Waals surface area contributed by atoms with Gasteiger partial charge in [0.15, 0.2) is 0 Å². The maximum absolute atomic E-state index is 13.3. The Balaban J connectivity index is 2.76. The van der Waals surface area contributed by atoms with Gasteiger partial charge in [-0.2, -0.15) is 0 Å². The van der Waals surface area contributed by atoms with Crippen molar-refractivity contribution in [1.29, 1.82) is 0 Å². The van der Waals surface area contributed by atoms with E-state index in [4.69, 9.17) is 16.3 Å². The third-order valence-corrected chi connectivity index (χ3v) is 2.72. The number of anilines is 1. The van der Waals surface area contributed by atoms with E-state index in [1.165, 1.54) is 12.1 Å². The monoisotopic (exact) mass is 273 g/mol. The van der Waals surface area contributed by atoms with Gasteiger partial charge in [0.25, 0.3) is 0 Å². The first kappa shape index (κ1) is 14.8. The highest BCUT2D eigenvalue weighted by Crippen LogP contribution is 2.20. The Kier molecular flexibility index (Phi) is 5.92. The van der Waals surface area contributed by atoms with E-state index in [1.807, 2.05) is 6.92 Å². The van der Waals surface area contributed by atoms with E-state index >= 15 is 0 Å². The lowest BCUT2D eigenvalue weighted by molar-refractivity contribution is -0.144. The number of hydrogen-bond acceptors (Lipinski definition) is 3. The summed E-state index contributed by atoms with van der Waals surface area (Å²) in [7, 11) is 0. The van der Waals surface area contributed by atoms with Crippen molar-refractivity contribution < 1.29 is 13.9 Å². The molecule has 0 aromatic heterocycles. The molecule has 1 atom stereocenters. The van der Waals surface area contributed by atoms with Crippen molar-refractivity contribution in [3.63, 3.8) is 0 Å². The number of halogens is 2. The predicted molar refractivity (Wildman–Crippen MR) is 70.4 cm³/mol. The lowest BCUT2D eigenvalue weighted by Crippen LogP contribution is -2.31. The molecule has 0 saturated carbocycles. The SMILES string of the molecule is CCCC(Nc1ccc(Cl)c(F)c1)C(=O)OCC. The Morgan fingerprint density at radius 1 is 1.50 bits per heavy atom. The molecule has 5 heteroatoms. The van der Waals surface area contributed by atoms with Crippen LogP contribution in [0.25, 0.3) is 0 Å². The standard InChI is InChI=1S/C13H17ClFNO2/c1-3-5-12(13(17)18-4-2)16-9-6-7-10(14)11(15)8-9/h6-8,12,16H,3-5H2,1-2H3. The van der Waals surface area contributed by atoms with E-state index < -0.39 is 11.9 Å². The zero-order valence-electron chi connectivity index (χ0n) is 10.5. The van der Waals surface area contributed by atoms with Crippen LogP contribution in [0.3, 0.4) is 0 Å². The summed E-state index contributed by atoms with van der Waals surface area (Å²) in [6, 6.07) is 3.89. The molecule has 0 heterocycles. The molecular formula is C13H17ClFNO2. The average Bonchev–Trinajstić information content (AvgIpc) is 2.33. The second kappa shape index (κ2) is 7.21. The summed E-state index contributed by atoms with van der Waals surface area (Å²) in [5, 5.41) is 3.02. The number of hydrogen-bond donors (Lipinski definition) is 1. The third kappa shape index (κ3) is 4.18. The molecule has 0 spiro atoms. The van der Waals surface area contributed by atoms with Crippen LogP contribution in [0.2, 0.25) is 5.02 Å². The smallest absolute Gasteiger partial charge is 0.328 e. The van der Waals surface area contributed by atoms with Crippen LogP contribution in [0.4, 0.5) is 10.1 Å². The van der Waals surface area contributed by atoms with E-state index in [0.29, 0.717) is 18.7 Å². The van der Waals surface area contributed by atoms with Crippen molar-refractivity contribution in [3.05, 3.63) is 29.0 Å². The maximum Gasteiger partial charge on any atom is 0.328 e. The molecule has 0 aliphatic rings. The Labute approximate surface area is 111 Å². The molecule has 0 bridgehead atoms. The van der Waals surface area contributed by atoms with Crippen LogP contribution in [0.15, 0.2) is 18.2 Å². The zero-order chi connectivity index (χ0) is 13.5. The van der Waals surface area contributed by atoms with Gasteiger partial charge in [-0.3, -0.25) is 0 Å². The van der Waals surface area contributed by atoms with Gasteiger partial charge in [0.1, 0.15) is 11.9 Å². The fourth-order valence-electron chi connectivity index (χ4n) is 1.57. The minimum Gasteiger partial charge on any atom is -0.464 e. The number of carbonyl (C=O) groups excluding carboxylic acids is 1. The highest BCUT2D eigenvalue weighted by molar-refractivity contribution is 6.30. The fourth-order valence-corrected chi connectivity index (χ4v) is 1.69. The molecule has 0 radical (unpaired) electrons. The Hall–Kier alpha value is -1.29. The molecule has 0 aliphatic heterocycles. The summed E-state index contributed by atoms with van der Waals surface area (Å²) in [6.07, 6.45) is 1.45. The molecule has 3 nitrogen and oxygen atoms in total. The van der Waals surface area contributed by atoms with Crippen molar-refractivity contribution in [2.45, 2.75) is 32.7 Å². The van der Waals surface area contributed by atoms with Crippen molar-refractivity contribution in [1.82, 2.24) is 0 Å². The number of nitrogens with one attached hydrogen (secondary N) is 1. The summed E-state index contributed by atoms with van der Waals surface area (Å²) in [6.45, 7) is 4.05. The summed E-state index contributed by atoms with van der Waals surface area (Å²) < 4.78 is 18.2. The maximum atomic E-state index is 13.3. The first-order chi connectivity index (χ1) is 8.58. The highest BCUT2D eigenvalue weighted by atomic mass is 35.5. The molecular weight excluding hydrogens is 257 g/mol. The van der Waals surface area contributed by atoms with Crippen molar-refractivity contribution in [3.8, 4) is 0 Å². The molecule has 100 valence electrons. The van der Waals surface area contributed by atoms with E-state index in [-0.39, 0.29) is 11.0 Å². The topological polar surface area (TPSA) is 38.3 Å². The number of rotatable bonds is 6. The fraction of sp³-hybridized carbons (Fsp3) is 0.462. The van der Waals surface area contributed by atoms with Gasteiger partial charge in [-0.1, -0.05) is 24.9 Å². The van der Waals surface area contributed by atoms with Crippen molar-refractivity contribution in [2.75, 3.05) is 11.9 Å². The molecule has 1 aromatic rings. The van der Waals surface area contributed by atoms with Gasteiger partial charge in [0.2, 0.25) is 0 Å². The summed E-state index contributed by atoms with van der Waals surface area (Å²) in [5.41, 5.74) is 0.517. The molecule has 1 rings (SSSR count). The Morgan fingerprint density at radius 2 is 2.22 bits per heavy atom. The number of esters is 1. The molecule has 0 amide bonds. The van der Waals surface area contributed by atoms with Gasteiger partial charge in [0, 0.05) is 5.69 Å². The van der Waals surface area contributed by atoms with Gasteiger partial charge in [-0.15, -0.1) is 0 Å². The summed E-state index contributed by atoms with van der Waals surface area (Å²) >= 11 is 5.60. The minimum atomic E-state index is -0.513. The minimum absolute atomic E-state index is 0.0590. The van der Waals surface area contributed by atoms with Crippen LogP contribution >= 0.6 is 11.6 Å². The number of benzene rings is 1. The van der Waals surface area contributed by atoms with Gasteiger partial charge in [-0.25, -0.2) is 9.18 Å². The molecule has 1 unspecified atom stereocenters. The molecule has 0 saturated heterocycles. The predicted octanol–water partition coefficient (Wildman–Crippen LogP) is 3.62. The zero-order valence-corrected chi connectivity index (χ0v) is 11.3. The van der Waals surface area contributed by atoms with Crippen LogP contribution in [-0.2, 0) is 9.53 Å².